The van der Waals surface area contributed by atoms with E-state index in [9.17, 15) is 4.79 Å². The minimum atomic E-state index is -0.403. The van der Waals surface area contributed by atoms with Crippen LogP contribution >= 0.6 is 0 Å². The van der Waals surface area contributed by atoms with E-state index < -0.39 is 6.04 Å². The molecule has 0 fully saturated rings. The summed E-state index contributed by atoms with van der Waals surface area (Å²) in [7, 11) is 0. The number of amides is 1. The number of benzene rings is 1. The van der Waals surface area contributed by atoms with Crippen molar-refractivity contribution >= 4 is 5.91 Å². The van der Waals surface area contributed by atoms with Crippen LogP contribution in [0, 0.1) is 17.2 Å². The number of carbonyl (C=O) groups excluding carboxylic acids is 1. The lowest BCUT2D eigenvalue weighted by molar-refractivity contribution is -0.125. The van der Waals surface area contributed by atoms with Gasteiger partial charge in [-0.3, -0.25) is 4.79 Å². The highest BCUT2D eigenvalue weighted by atomic mass is 16.1. The van der Waals surface area contributed by atoms with Gasteiger partial charge in [-0.1, -0.05) is 24.3 Å². The van der Waals surface area contributed by atoms with Crippen molar-refractivity contribution in [2.24, 2.45) is 5.92 Å². The molecule has 1 N–H and O–H groups in total. The summed E-state index contributed by atoms with van der Waals surface area (Å²) in [5, 5.41) is 11.4. The van der Waals surface area contributed by atoms with E-state index in [4.69, 9.17) is 5.26 Å². The van der Waals surface area contributed by atoms with Gasteiger partial charge in [0.25, 0.3) is 0 Å². The van der Waals surface area contributed by atoms with Crippen LogP contribution in [0.2, 0.25) is 0 Å². The molecule has 0 bridgehead atoms. The van der Waals surface area contributed by atoms with Crippen molar-refractivity contribution in [3.05, 3.63) is 35.4 Å². The summed E-state index contributed by atoms with van der Waals surface area (Å²) in [5.41, 5.74) is 2.62. The smallest absolute Gasteiger partial charge is 0.224 e. The Balaban J connectivity index is 2.03. The molecule has 1 aliphatic rings. The van der Waals surface area contributed by atoms with Gasteiger partial charge in [-0.15, -0.1) is 0 Å². The molecule has 0 heterocycles. The van der Waals surface area contributed by atoms with Crippen molar-refractivity contribution in [2.75, 3.05) is 0 Å². The fourth-order valence-electron chi connectivity index (χ4n) is 2.29. The zero-order valence-corrected chi connectivity index (χ0v) is 9.94. The van der Waals surface area contributed by atoms with Crippen LogP contribution in [0.15, 0.2) is 24.3 Å². The molecular formula is C14H16N2O. The van der Waals surface area contributed by atoms with E-state index in [2.05, 4.69) is 17.4 Å². The number of carbonyl (C=O) groups is 1. The van der Waals surface area contributed by atoms with E-state index in [-0.39, 0.29) is 11.8 Å². The molecule has 0 saturated carbocycles. The van der Waals surface area contributed by atoms with E-state index in [1.165, 1.54) is 11.1 Å². The average Bonchev–Trinajstić information content (AvgIpc) is 2.38. The lowest BCUT2D eigenvalue weighted by Crippen LogP contribution is -2.38. The summed E-state index contributed by atoms with van der Waals surface area (Å²) in [5.74, 6) is 0.0225. The Kier molecular flexibility index (Phi) is 3.43. The Morgan fingerprint density at radius 2 is 2.18 bits per heavy atom. The Bertz CT molecular complexity index is 462. The summed E-state index contributed by atoms with van der Waals surface area (Å²) in [6, 6.07) is 9.88. The van der Waals surface area contributed by atoms with Gasteiger partial charge in [-0.25, -0.2) is 0 Å². The quantitative estimate of drug-likeness (QED) is 0.839. The number of aryl methyl sites for hydroxylation is 1. The molecule has 1 amide bonds. The van der Waals surface area contributed by atoms with Crippen LogP contribution in [0.5, 0.6) is 0 Å². The molecule has 2 rings (SSSR count). The van der Waals surface area contributed by atoms with E-state index in [0.717, 1.165) is 19.3 Å². The monoisotopic (exact) mass is 228 g/mol. The van der Waals surface area contributed by atoms with Gasteiger partial charge < -0.3 is 5.32 Å². The molecule has 3 heteroatoms. The topological polar surface area (TPSA) is 52.9 Å². The second-order valence-electron chi connectivity index (χ2n) is 4.57. The summed E-state index contributed by atoms with van der Waals surface area (Å²) in [6.07, 6.45) is 2.62. The number of nitrogens with zero attached hydrogens (tertiary/aromatic N) is 1. The maximum absolute atomic E-state index is 11.9. The Morgan fingerprint density at radius 3 is 2.88 bits per heavy atom. The van der Waals surface area contributed by atoms with Crippen LogP contribution in [0.1, 0.15) is 24.5 Å². The van der Waals surface area contributed by atoms with Gasteiger partial charge in [-0.2, -0.15) is 5.26 Å². The van der Waals surface area contributed by atoms with E-state index >= 15 is 0 Å². The molecule has 2 unspecified atom stereocenters. The molecule has 88 valence electrons. The number of rotatable bonds is 2. The summed E-state index contributed by atoms with van der Waals surface area (Å²) in [4.78, 5) is 11.9. The number of fused-ring (bicyclic) bond motifs is 1. The van der Waals surface area contributed by atoms with Gasteiger partial charge in [0.2, 0.25) is 5.91 Å². The Labute approximate surface area is 101 Å². The van der Waals surface area contributed by atoms with E-state index in [1.54, 1.807) is 6.92 Å². The van der Waals surface area contributed by atoms with Crippen molar-refractivity contribution in [1.82, 2.24) is 5.32 Å². The zero-order chi connectivity index (χ0) is 12.3. The van der Waals surface area contributed by atoms with E-state index in [1.807, 2.05) is 18.2 Å². The molecule has 0 radical (unpaired) electrons. The molecule has 0 spiro atoms. The maximum atomic E-state index is 11.9. The molecule has 0 saturated heterocycles. The highest BCUT2D eigenvalue weighted by molar-refractivity contribution is 5.79. The minimum absolute atomic E-state index is 0.00792. The molecule has 1 aromatic rings. The third kappa shape index (κ3) is 2.65. The number of hydrogen-bond donors (Lipinski definition) is 1. The first-order valence-corrected chi connectivity index (χ1v) is 5.97. The number of hydrogen-bond acceptors (Lipinski definition) is 2. The van der Waals surface area contributed by atoms with Crippen molar-refractivity contribution in [3.63, 3.8) is 0 Å². The van der Waals surface area contributed by atoms with Gasteiger partial charge in [0, 0.05) is 5.92 Å². The second-order valence-corrected chi connectivity index (χ2v) is 4.57. The minimum Gasteiger partial charge on any atom is -0.340 e. The van der Waals surface area contributed by atoms with Crippen LogP contribution in [0.4, 0.5) is 0 Å². The van der Waals surface area contributed by atoms with Gasteiger partial charge in [-0.05, 0) is 37.3 Å². The SMILES string of the molecule is CC(C#N)NC(=O)C1CCc2ccccc2C1. The standard InChI is InChI=1S/C14H16N2O/c1-10(9-15)16-14(17)13-7-6-11-4-2-3-5-12(11)8-13/h2-5,10,13H,6-8H2,1H3,(H,16,17). The van der Waals surface area contributed by atoms with Crippen LogP contribution < -0.4 is 5.32 Å². The van der Waals surface area contributed by atoms with Gasteiger partial charge >= 0.3 is 0 Å². The lowest BCUT2D eigenvalue weighted by atomic mass is 9.83. The van der Waals surface area contributed by atoms with Crippen molar-refractivity contribution in [2.45, 2.75) is 32.2 Å². The molecule has 3 nitrogen and oxygen atoms in total. The van der Waals surface area contributed by atoms with Crippen LogP contribution in [0.25, 0.3) is 0 Å². The first kappa shape index (κ1) is 11.7. The third-order valence-electron chi connectivity index (χ3n) is 3.27. The van der Waals surface area contributed by atoms with Crippen molar-refractivity contribution in [3.8, 4) is 6.07 Å². The Hall–Kier alpha value is -1.82. The van der Waals surface area contributed by atoms with Crippen molar-refractivity contribution < 1.29 is 4.79 Å². The fraction of sp³-hybridized carbons (Fsp3) is 0.429. The fourth-order valence-corrected chi connectivity index (χ4v) is 2.29. The lowest BCUT2D eigenvalue weighted by Gasteiger charge is -2.24. The van der Waals surface area contributed by atoms with Gasteiger partial charge in [0.1, 0.15) is 6.04 Å². The summed E-state index contributed by atoms with van der Waals surface area (Å²) in [6.45, 7) is 1.70. The number of nitrogens with one attached hydrogen (secondary N) is 1. The maximum Gasteiger partial charge on any atom is 0.224 e. The molecule has 1 aromatic carbocycles. The van der Waals surface area contributed by atoms with Gasteiger partial charge in [0.15, 0.2) is 0 Å². The molecule has 0 aliphatic heterocycles. The first-order chi connectivity index (χ1) is 8.20. The molecule has 0 aromatic heterocycles. The highest BCUT2D eigenvalue weighted by Gasteiger charge is 2.24. The van der Waals surface area contributed by atoms with Gasteiger partial charge in [0.05, 0.1) is 6.07 Å². The van der Waals surface area contributed by atoms with Crippen LogP contribution in [0.3, 0.4) is 0 Å². The largest absolute Gasteiger partial charge is 0.340 e. The highest BCUT2D eigenvalue weighted by Crippen LogP contribution is 2.25. The predicted molar refractivity (Wildman–Crippen MR) is 65.2 cm³/mol. The zero-order valence-electron chi connectivity index (χ0n) is 9.94. The van der Waals surface area contributed by atoms with E-state index in [0.29, 0.717) is 0 Å². The first-order valence-electron chi connectivity index (χ1n) is 5.97. The average molecular weight is 228 g/mol. The predicted octanol–water partition coefficient (Wildman–Crippen LogP) is 1.82. The molecular weight excluding hydrogens is 212 g/mol. The normalized spacial score (nSPS) is 19.9. The number of nitriles is 1. The summed E-state index contributed by atoms with van der Waals surface area (Å²) >= 11 is 0. The third-order valence-corrected chi connectivity index (χ3v) is 3.27. The van der Waals surface area contributed by atoms with Crippen LogP contribution in [-0.2, 0) is 17.6 Å². The Morgan fingerprint density at radius 1 is 1.47 bits per heavy atom. The molecule has 17 heavy (non-hydrogen) atoms. The summed E-state index contributed by atoms with van der Waals surface area (Å²) < 4.78 is 0. The molecule has 2 atom stereocenters. The van der Waals surface area contributed by atoms with Crippen LogP contribution in [-0.4, -0.2) is 11.9 Å². The molecule has 1 aliphatic carbocycles. The van der Waals surface area contributed by atoms with Crippen molar-refractivity contribution in [1.29, 1.82) is 5.26 Å². The second kappa shape index (κ2) is 5.01.